The number of aromatic nitrogens is 3. The van der Waals surface area contributed by atoms with E-state index in [1.165, 1.54) is 6.33 Å². The molecular weight excluding hydrogens is 280 g/mol. The Hall–Kier alpha value is -2.21. The molecule has 3 atom stereocenters. The first kappa shape index (κ1) is 14.7. The Bertz CT molecular complexity index is 614. The SMILES string of the molecule is C[C@@H]1CN(C(=O)[C@H](C)n2cncn2)C[C@@H](c2ccccc2)O1. The van der Waals surface area contributed by atoms with Crippen molar-refractivity contribution in [3.63, 3.8) is 0 Å². The summed E-state index contributed by atoms with van der Waals surface area (Å²) in [5.41, 5.74) is 1.10. The van der Waals surface area contributed by atoms with E-state index in [0.717, 1.165) is 5.56 Å². The summed E-state index contributed by atoms with van der Waals surface area (Å²) in [6.45, 7) is 5.00. The molecule has 1 saturated heterocycles. The third-order valence-corrected chi connectivity index (χ3v) is 3.93. The van der Waals surface area contributed by atoms with Gasteiger partial charge < -0.3 is 9.64 Å². The lowest BCUT2D eigenvalue weighted by molar-refractivity contribution is -0.148. The molecule has 6 heteroatoms. The van der Waals surface area contributed by atoms with Crippen LogP contribution in [0.3, 0.4) is 0 Å². The van der Waals surface area contributed by atoms with Crippen LogP contribution in [0.25, 0.3) is 0 Å². The summed E-state index contributed by atoms with van der Waals surface area (Å²) in [6.07, 6.45) is 2.93. The van der Waals surface area contributed by atoms with Crippen molar-refractivity contribution < 1.29 is 9.53 Å². The molecule has 1 fully saturated rings. The Kier molecular flexibility index (Phi) is 4.20. The summed E-state index contributed by atoms with van der Waals surface area (Å²) in [5, 5.41) is 4.06. The van der Waals surface area contributed by atoms with Crippen molar-refractivity contribution in [1.82, 2.24) is 19.7 Å². The molecule has 0 saturated carbocycles. The number of rotatable bonds is 3. The van der Waals surface area contributed by atoms with Gasteiger partial charge in [-0.15, -0.1) is 0 Å². The van der Waals surface area contributed by atoms with Gasteiger partial charge in [0, 0.05) is 6.54 Å². The number of benzene rings is 1. The van der Waals surface area contributed by atoms with Gasteiger partial charge in [0.1, 0.15) is 24.8 Å². The summed E-state index contributed by atoms with van der Waals surface area (Å²) in [6, 6.07) is 9.66. The van der Waals surface area contributed by atoms with Gasteiger partial charge in [-0.3, -0.25) is 4.79 Å². The van der Waals surface area contributed by atoms with Gasteiger partial charge in [0.05, 0.1) is 12.6 Å². The molecule has 1 aliphatic heterocycles. The molecule has 0 N–H and O–H groups in total. The Balaban J connectivity index is 1.75. The average molecular weight is 300 g/mol. The molecule has 116 valence electrons. The van der Waals surface area contributed by atoms with Gasteiger partial charge in [0.15, 0.2) is 0 Å². The quantitative estimate of drug-likeness (QED) is 0.867. The molecule has 2 heterocycles. The van der Waals surface area contributed by atoms with Crippen LogP contribution in [-0.4, -0.2) is 44.8 Å². The van der Waals surface area contributed by atoms with Gasteiger partial charge in [-0.1, -0.05) is 30.3 Å². The fraction of sp³-hybridized carbons (Fsp3) is 0.438. The highest BCUT2D eigenvalue weighted by atomic mass is 16.5. The smallest absolute Gasteiger partial charge is 0.247 e. The Labute approximate surface area is 129 Å². The van der Waals surface area contributed by atoms with E-state index in [1.807, 2.05) is 49.1 Å². The van der Waals surface area contributed by atoms with Crippen molar-refractivity contribution in [2.45, 2.75) is 32.1 Å². The van der Waals surface area contributed by atoms with Crippen LogP contribution in [0, 0.1) is 0 Å². The predicted octanol–water partition coefficient (Wildman–Crippen LogP) is 1.83. The minimum Gasteiger partial charge on any atom is -0.367 e. The zero-order chi connectivity index (χ0) is 15.5. The molecule has 0 unspecified atom stereocenters. The maximum Gasteiger partial charge on any atom is 0.247 e. The van der Waals surface area contributed by atoms with E-state index in [-0.39, 0.29) is 24.2 Å². The van der Waals surface area contributed by atoms with Crippen LogP contribution in [0.15, 0.2) is 43.0 Å². The minimum absolute atomic E-state index is 0.00542. The summed E-state index contributed by atoms with van der Waals surface area (Å²) in [7, 11) is 0. The van der Waals surface area contributed by atoms with E-state index in [0.29, 0.717) is 13.1 Å². The Morgan fingerprint density at radius 1 is 1.32 bits per heavy atom. The lowest BCUT2D eigenvalue weighted by Gasteiger charge is -2.38. The molecule has 0 bridgehead atoms. The zero-order valence-electron chi connectivity index (χ0n) is 12.8. The molecule has 1 aromatic carbocycles. The van der Waals surface area contributed by atoms with Crippen LogP contribution in [0.4, 0.5) is 0 Å². The zero-order valence-corrected chi connectivity index (χ0v) is 12.8. The fourth-order valence-electron chi connectivity index (χ4n) is 2.78. The molecule has 22 heavy (non-hydrogen) atoms. The molecule has 1 aliphatic rings. The third kappa shape index (κ3) is 3.01. The van der Waals surface area contributed by atoms with Gasteiger partial charge in [-0.25, -0.2) is 9.67 Å². The molecule has 6 nitrogen and oxygen atoms in total. The number of nitrogens with zero attached hydrogens (tertiary/aromatic N) is 4. The number of carbonyl (C=O) groups is 1. The first-order chi connectivity index (χ1) is 10.6. The van der Waals surface area contributed by atoms with Gasteiger partial charge in [-0.2, -0.15) is 5.10 Å². The lowest BCUT2D eigenvalue weighted by Crippen LogP contribution is -2.48. The maximum absolute atomic E-state index is 12.7. The molecule has 0 aliphatic carbocycles. The first-order valence-corrected chi connectivity index (χ1v) is 7.48. The number of morpholine rings is 1. The van der Waals surface area contributed by atoms with Crippen LogP contribution in [0.5, 0.6) is 0 Å². The third-order valence-electron chi connectivity index (χ3n) is 3.93. The molecule has 2 aromatic rings. The van der Waals surface area contributed by atoms with E-state index in [1.54, 1.807) is 11.0 Å². The van der Waals surface area contributed by atoms with Crippen LogP contribution >= 0.6 is 0 Å². The van der Waals surface area contributed by atoms with Crippen LogP contribution in [0.2, 0.25) is 0 Å². The van der Waals surface area contributed by atoms with Gasteiger partial charge in [0.2, 0.25) is 5.91 Å². The normalized spacial score (nSPS) is 23.3. The molecule has 0 radical (unpaired) electrons. The van der Waals surface area contributed by atoms with Gasteiger partial charge >= 0.3 is 0 Å². The van der Waals surface area contributed by atoms with Crippen molar-refractivity contribution in [1.29, 1.82) is 0 Å². The summed E-state index contributed by atoms with van der Waals surface area (Å²) in [4.78, 5) is 18.5. The average Bonchev–Trinajstić information content (AvgIpc) is 3.08. The number of hydrogen-bond donors (Lipinski definition) is 0. The van der Waals surface area contributed by atoms with E-state index >= 15 is 0 Å². The molecular formula is C16H20N4O2. The lowest BCUT2D eigenvalue weighted by atomic mass is 10.1. The van der Waals surface area contributed by atoms with Crippen molar-refractivity contribution in [2.75, 3.05) is 13.1 Å². The van der Waals surface area contributed by atoms with Crippen LogP contribution < -0.4 is 0 Å². The second-order valence-corrected chi connectivity index (χ2v) is 5.64. The standard InChI is InChI=1S/C16H20N4O2/c1-12-8-19(16(21)13(2)20-11-17-10-18-20)9-15(22-12)14-6-4-3-5-7-14/h3-7,10-13,15H,8-9H2,1-2H3/t12-,13+,15+/m1/s1. The summed E-state index contributed by atoms with van der Waals surface area (Å²) < 4.78 is 7.58. The highest BCUT2D eigenvalue weighted by molar-refractivity contribution is 5.80. The predicted molar refractivity (Wildman–Crippen MR) is 81.0 cm³/mol. The number of ether oxygens (including phenoxy) is 1. The monoisotopic (exact) mass is 300 g/mol. The number of hydrogen-bond acceptors (Lipinski definition) is 4. The first-order valence-electron chi connectivity index (χ1n) is 7.48. The minimum atomic E-state index is -0.357. The fourth-order valence-corrected chi connectivity index (χ4v) is 2.78. The Morgan fingerprint density at radius 2 is 2.09 bits per heavy atom. The van der Waals surface area contributed by atoms with E-state index in [2.05, 4.69) is 10.1 Å². The van der Waals surface area contributed by atoms with Crippen molar-refractivity contribution >= 4 is 5.91 Å². The van der Waals surface area contributed by atoms with E-state index in [9.17, 15) is 4.79 Å². The van der Waals surface area contributed by atoms with Crippen molar-refractivity contribution in [3.05, 3.63) is 48.5 Å². The topological polar surface area (TPSA) is 60.2 Å². The summed E-state index contributed by atoms with van der Waals surface area (Å²) >= 11 is 0. The summed E-state index contributed by atoms with van der Waals surface area (Å²) in [5.74, 6) is 0.0431. The number of carbonyl (C=O) groups excluding carboxylic acids is 1. The van der Waals surface area contributed by atoms with Crippen molar-refractivity contribution in [3.8, 4) is 0 Å². The highest BCUT2D eigenvalue weighted by Gasteiger charge is 2.32. The molecule has 1 amide bonds. The van der Waals surface area contributed by atoms with Crippen LogP contribution in [-0.2, 0) is 9.53 Å². The van der Waals surface area contributed by atoms with E-state index in [4.69, 9.17) is 4.74 Å². The van der Waals surface area contributed by atoms with Crippen LogP contribution in [0.1, 0.15) is 31.6 Å². The second kappa shape index (κ2) is 6.27. The Morgan fingerprint density at radius 3 is 2.77 bits per heavy atom. The molecule has 0 spiro atoms. The molecule has 1 aromatic heterocycles. The van der Waals surface area contributed by atoms with Crippen molar-refractivity contribution in [2.24, 2.45) is 0 Å². The van der Waals surface area contributed by atoms with Gasteiger partial charge in [0.25, 0.3) is 0 Å². The van der Waals surface area contributed by atoms with E-state index < -0.39 is 0 Å². The van der Waals surface area contributed by atoms with Gasteiger partial charge in [-0.05, 0) is 19.4 Å². The highest BCUT2D eigenvalue weighted by Crippen LogP contribution is 2.26. The largest absolute Gasteiger partial charge is 0.367 e. The second-order valence-electron chi connectivity index (χ2n) is 5.64. The maximum atomic E-state index is 12.7. The number of amides is 1. The molecule has 3 rings (SSSR count).